The van der Waals surface area contributed by atoms with Crippen LogP contribution in [0.4, 0.5) is 0 Å². The van der Waals surface area contributed by atoms with Crippen molar-refractivity contribution >= 4 is 11.7 Å². The fourth-order valence-corrected chi connectivity index (χ4v) is 2.46. The van der Waals surface area contributed by atoms with E-state index in [1.807, 2.05) is 25.1 Å². The van der Waals surface area contributed by atoms with Crippen molar-refractivity contribution in [1.29, 1.82) is 0 Å². The zero-order valence-corrected chi connectivity index (χ0v) is 12.0. The van der Waals surface area contributed by atoms with Crippen LogP contribution in [0.25, 0.3) is 11.1 Å². The van der Waals surface area contributed by atoms with Gasteiger partial charge >= 0.3 is 5.97 Å². The minimum Gasteiger partial charge on any atom is -0.318 e. The van der Waals surface area contributed by atoms with Crippen molar-refractivity contribution in [3.05, 3.63) is 60.2 Å². The Morgan fingerprint density at radius 2 is 1.71 bits per heavy atom. The summed E-state index contributed by atoms with van der Waals surface area (Å²) < 4.78 is 0. The van der Waals surface area contributed by atoms with E-state index in [1.54, 1.807) is 0 Å². The maximum absolute atomic E-state index is 11.3. The normalized spacial score (nSPS) is 18.0. The van der Waals surface area contributed by atoms with E-state index in [2.05, 4.69) is 41.6 Å². The molecule has 1 aliphatic heterocycles. The molecule has 0 fully saturated rings. The lowest BCUT2D eigenvalue weighted by atomic mass is 9.97. The van der Waals surface area contributed by atoms with Crippen LogP contribution in [-0.2, 0) is 16.1 Å². The summed E-state index contributed by atoms with van der Waals surface area (Å²) in [6, 6.07) is 18.7. The van der Waals surface area contributed by atoms with Crippen molar-refractivity contribution in [3.8, 4) is 11.1 Å². The van der Waals surface area contributed by atoms with E-state index < -0.39 is 0 Å². The molecule has 0 unspecified atom stereocenters. The molecule has 21 heavy (non-hydrogen) atoms. The van der Waals surface area contributed by atoms with Crippen molar-refractivity contribution in [2.75, 3.05) is 0 Å². The maximum Gasteiger partial charge on any atom is 0.338 e. The van der Waals surface area contributed by atoms with Gasteiger partial charge in [0.05, 0.1) is 11.6 Å². The summed E-state index contributed by atoms with van der Waals surface area (Å²) in [5.74, 6) is -0.334. The second kappa shape index (κ2) is 5.92. The average molecular weight is 279 g/mol. The lowest BCUT2D eigenvalue weighted by molar-refractivity contribution is -0.149. The monoisotopic (exact) mass is 279 g/mol. The third kappa shape index (κ3) is 3.19. The number of oxime groups is 1. The van der Waals surface area contributed by atoms with Crippen LogP contribution in [0.15, 0.2) is 59.8 Å². The first-order valence-electron chi connectivity index (χ1n) is 7.13. The van der Waals surface area contributed by atoms with Crippen LogP contribution in [0, 0.1) is 5.92 Å². The summed E-state index contributed by atoms with van der Waals surface area (Å²) in [6.45, 7) is 1.87. The van der Waals surface area contributed by atoms with Crippen LogP contribution in [0.5, 0.6) is 0 Å². The van der Waals surface area contributed by atoms with Crippen LogP contribution in [0.2, 0.25) is 0 Å². The number of hydrogen-bond donors (Lipinski definition) is 0. The predicted octanol–water partition coefficient (Wildman–Crippen LogP) is 3.84. The van der Waals surface area contributed by atoms with Gasteiger partial charge in [0.25, 0.3) is 0 Å². The van der Waals surface area contributed by atoms with Crippen LogP contribution in [-0.4, -0.2) is 11.7 Å². The van der Waals surface area contributed by atoms with Gasteiger partial charge in [-0.15, -0.1) is 0 Å². The van der Waals surface area contributed by atoms with Gasteiger partial charge in [-0.25, -0.2) is 4.79 Å². The molecule has 0 aliphatic carbocycles. The number of rotatable bonds is 3. The molecule has 2 aromatic carbocycles. The van der Waals surface area contributed by atoms with Gasteiger partial charge in [0.1, 0.15) is 0 Å². The zero-order valence-electron chi connectivity index (χ0n) is 12.0. The summed E-state index contributed by atoms with van der Waals surface area (Å²) in [4.78, 5) is 16.1. The number of nitrogens with zero attached hydrogens (tertiary/aromatic N) is 1. The first-order chi connectivity index (χ1) is 10.2. The molecule has 106 valence electrons. The third-order valence-electron chi connectivity index (χ3n) is 3.68. The Balaban J connectivity index is 1.72. The van der Waals surface area contributed by atoms with Crippen LogP contribution in [0.3, 0.4) is 0 Å². The largest absolute Gasteiger partial charge is 0.338 e. The highest BCUT2D eigenvalue weighted by Crippen LogP contribution is 2.21. The predicted molar refractivity (Wildman–Crippen MR) is 82.9 cm³/mol. The molecule has 1 aliphatic rings. The highest BCUT2D eigenvalue weighted by molar-refractivity contribution is 5.92. The Labute approximate surface area is 124 Å². The Bertz CT molecular complexity index is 659. The number of benzene rings is 2. The second-order valence-corrected chi connectivity index (χ2v) is 5.41. The van der Waals surface area contributed by atoms with E-state index in [4.69, 9.17) is 4.84 Å². The topological polar surface area (TPSA) is 38.7 Å². The molecular weight excluding hydrogens is 262 g/mol. The lowest BCUT2D eigenvalue weighted by Gasteiger charge is -2.16. The van der Waals surface area contributed by atoms with Crippen LogP contribution >= 0.6 is 0 Å². The van der Waals surface area contributed by atoms with Crippen molar-refractivity contribution < 1.29 is 9.63 Å². The molecule has 1 heterocycles. The highest BCUT2D eigenvalue weighted by Gasteiger charge is 2.22. The fourth-order valence-electron chi connectivity index (χ4n) is 2.46. The van der Waals surface area contributed by atoms with Crippen molar-refractivity contribution in [1.82, 2.24) is 0 Å². The van der Waals surface area contributed by atoms with E-state index in [0.717, 1.165) is 12.1 Å². The third-order valence-corrected chi connectivity index (χ3v) is 3.68. The van der Waals surface area contributed by atoms with Crippen molar-refractivity contribution in [3.63, 3.8) is 0 Å². The molecule has 2 aromatic rings. The molecule has 0 amide bonds. The second-order valence-electron chi connectivity index (χ2n) is 5.41. The molecule has 0 bridgehead atoms. The molecule has 3 nitrogen and oxygen atoms in total. The molecule has 0 aromatic heterocycles. The summed E-state index contributed by atoms with van der Waals surface area (Å²) >= 11 is 0. The molecular formula is C18H17NO2. The smallest absolute Gasteiger partial charge is 0.318 e. The summed E-state index contributed by atoms with van der Waals surface area (Å²) in [7, 11) is 0. The van der Waals surface area contributed by atoms with E-state index in [0.29, 0.717) is 6.42 Å². The van der Waals surface area contributed by atoms with E-state index >= 15 is 0 Å². The fraction of sp³-hybridized carbons (Fsp3) is 0.222. The average Bonchev–Trinajstić information content (AvgIpc) is 2.53. The van der Waals surface area contributed by atoms with E-state index in [1.165, 1.54) is 16.7 Å². The Morgan fingerprint density at radius 1 is 1.05 bits per heavy atom. The first-order valence-corrected chi connectivity index (χ1v) is 7.13. The Hall–Kier alpha value is -2.42. The minimum absolute atomic E-state index is 0.0962. The first kappa shape index (κ1) is 13.6. The standard InChI is InChI=1S/C18H17NO2/c1-13-11-17(19-21-18(13)20)12-14-7-9-16(10-8-14)15-5-3-2-4-6-15/h2-10,13H,11-12H2,1H3/t13-/m1/s1. The van der Waals surface area contributed by atoms with Gasteiger partial charge in [0, 0.05) is 12.8 Å². The summed E-state index contributed by atoms with van der Waals surface area (Å²) in [5.41, 5.74) is 4.51. The number of hydrogen-bond acceptors (Lipinski definition) is 3. The zero-order chi connectivity index (χ0) is 14.7. The van der Waals surface area contributed by atoms with Gasteiger partial charge in [-0.2, -0.15) is 0 Å². The Morgan fingerprint density at radius 3 is 2.38 bits per heavy atom. The van der Waals surface area contributed by atoms with Crippen molar-refractivity contribution in [2.45, 2.75) is 19.8 Å². The van der Waals surface area contributed by atoms with Gasteiger partial charge in [0.15, 0.2) is 0 Å². The number of carbonyl (C=O) groups is 1. The summed E-state index contributed by atoms with van der Waals surface area (Å²) in [5, 5.41) is 3.90. The van der Waals surface area contributed by atoms with E-state index in [-0.39, 0.29) is 11.9 Å². The highest BCUT2D eigenvalue weighted by atomic mass is 16.7. The number of carbonyl (C=O) groups excluding carboxylic acids is 1. The van der Waals surface area contributed by atoms with Gasteiger partial charge in [-0.1, -0.05) is 66.7 Å². The van der Waals surface area contributed by atoms with Gasteiger partial charge < -0.3 is 4.84 Å². The van der Waals surface area contributed by atoms with E-state index in [9.17, 15) is 4.79 Å². The van der Waals surface area contributed by atoms with Crippen molar-refractivity contribution in [2.24, 2.45) is 11.1 Å². The van der Waals surface area contributed by atoms with Crippen LogP contribution in [0.1, 0.15) is 18.9 Å². The van der Waals surface area contributed by atoms with Crippen LogP contribution < -0.4 is 0 Å². The molecule has 0 saturated carbocycles. The van der Waals surface area contributed by atoms with Gasteiger partial charge in [0.2, 0.25) is 0 Å². The maximum atomic E-state index is 11.3. The molecule has 3 heteroatoms. The molecule has 0 saturated heterocycles. The SMILES string of the molecule is C[C@@H]1CC(Cc2ccc(-c3ccccc3)cc2)=NOC1=O. The quantitative estimate of drug-likeness (QED) is 0.801. The Kier molecular flexibility index (Phi) is 3.82. The van der Waals surface area contributed by atoms with Gasteiger partial charge in [-0.3, -0.25) is 0 Å². The molecule has 0 radical (unpaired) electrons. The summed E-state index contributed by atoms with van der Waals surface area (Å²) in [6.07, 6.45) is 1.41. The molecule has 1 atom stereocenters. The minimum atomic E-state index is -0.238. The lowest BCUT2D eigenvalue weighted by Crippen LogP contribution is -2.23. The molecule has 0 N–H and O–H groups in total. The van der Waals surface area contributed by atoms with Gasteiger partial charge in [-0.05, 0) is 16.7 Å². The molecule has 0 spiro atoms. The molecule has 3 rings (SSSR count).